The van der Waals surface area contributed by atoms with Crippen LogP contribution in [0.2, 0.25) is 0 Å². The Morgan fingerprint density at radius 2 is 1.95 bits per heavy atom. The summed E-state index contributed by atoms with van der Waals surface area (Å²) in [6.07, 6.45) is 4.02. The molecule has 2 aromatic rings. The lowest BCUT2D eigenvalue weighted by Gasteiger charge is -2.15. The Morgan fingerprint density at radius 1 is 1.09 bits per heavy atom. The van der Waals surface area contributed by atoms with Crippen molar-refractivity contribution in [2.75, 3.05) is 18.4 Å². The van der Waals surface area contributed by atoms with Gasteiger partial charge in [0.2, 0.25) is 0 Å². The number of hydrogen-bond donors (Lipinski definition) is 3. The first-order valence-electron chi connectivity index (χ1n) is 7.87. The molecule has 118 valence electrons. The predicted octanol–water partition coefficient (Wildman–Crippen LogP) is 3.12. The fourth-order valence-corrected chi connectivity index (χ4v) is 2.33. The molecular formula is C18H25N3O. The van der Waals surface area contributed by atoms with E-state index in [0.717, 1.165) is 37.3 Å². The quantitative estimate of drug-likeness (QED) is 0.623. The maximum absolute atomic E-state index is 9.18. The molecule has 1 aromatic carbocycles. The van der Waals surface area contributed by atoms with Crippen LogP contribution in [0, 0.1) is 0 Å². The molecule has 2 rings (SSSR count). The number of nitrogens with zero attached hydrogens (tertiary/aromatic N) is 1. The standard InChI is InChI=1S/C18H25N3O/c1-15(17-8-6-7-16(13-17)14-22)19-10-4-5-12-21-18-9-2-3-11-20-18/h2-3,6-9,11,13,15,19,22H,4-5,10,12,14H2,1H3,(H,20,21). The molecule has 1 heterocycles. The number of nitrogens with one attached hydrogen (secondary N) is 2. The summed E-state index contributed by atoms with van der Waals surface area (Å²) in [7, 11) is 0. The van der Waals surface area contributed by atoms with Gasteiger partial charge in [-0.25, -0.2) is 4.98 Å². The Bertz CT molecular complexity index is 545. The lowest BCUT2D eigenvalue weighted by atomic mass is 10.1. The SMILES string of the molecule is CC(NCCCCNc1ccccn1)c1cccc(CO)c1. The van der Waals surface area contributed by atoms with E-state index in [-0.39, 0.29) is 6.61 Å². The maximum atomic E-state index is 9.18. The first-order chi connectivity index (χ1) is 10.8. The van der Waals surface area contributed by atoms with Crippen LogP contribution in [-0.2, 0) is 6.61 Å². The third-order valence-corrected chi connectivity index (χ3v) is 3.66. The number of aliphatic hydroxyl groups is 1. The van der Waals surface area contributed by atoms with Gasteiger partial charge in [-0.3, -0.25) is 0 Å². The summed E-state index contributed by atoms with van der Waals surface area (Å²) < 4.78 is 0. The lowest BCUT2D eigenvalue weighted by Crippen LogP contribution is -2.20. The van der Waals surface area contributed by atoms with Gasteiger partial charge in [-0.2, -0.15) is 0 Å². The van der Waals surface area contributed by atoms with Crippen LogP contribution < -0.4 is 10.6 Å². The van der Waals surface area contributed by atoms with E-state index in [4.69, 9.17) is 0 Å². The minimum absolute atomic E-state index is 0.0970. The zero-order valence-corrected chi connectivity index (χ0v) is 13.1. The number of anilines is 1. The second kappa shape index (κ2) is 9.18. The second-order valence-corrected chi connectivity index (χ2v) is 5.43. The van der Waals surface area contributed by atoms with E-state index in [0.29, 0.717) is 6.04 Å². The van der Waals surface area contributed by atoms with Crippen molar-refractivity contribution in [2.45, 2.75) is 32.4 Å². The topological polar surface area (TPSA) is 57.2 Å². The van der Waals surface area contributed by atoms with Gasteiger partial charge in [-0.15, -0.1) is 0 Å². The number of pyridine rings is 1. The van der Waals surface area contributed by atoms with Gasteiger partial charge in [0, 0.05) is 18.8 Å². The molecule has 4 heteroatoms. The van der Waals surface area contributed by atoms with Gasteiger partial charge in [0.05, 0.1) is 6.61 Å². The van der Waals surface area contributed by atoms with Gasteiger partial charge < -0.3 is 15.7 Å². The van der Waals surface area contributed by atoms with E-state index in [1.165, 1.54) is 5.56 Å². The van der Waals surface area contributed by atoms with Crippen molar-refractivity contribution in [3.05, 3.63) is 59.8 Å². The number of aromatic nitrogens is 1. The molecule has 0 aliphatic rings. The van der Waals surface area contributed by atoms with Gasteiger partial charge >= 0.3 is 0 Å². The van der Waals surface area contributed by atoms with Crippen LogP contribution in [0.15, 0.2) is 48.7 Å². The molecule has 1 atom stereocenters. The summed E-state index contributed by atoms with van der Waals surface area (Å²) in [6, 6.07) is 14.3. The Morgan fingerprint density at radius 3 is 2.73 bits per heavy atom. The summed E-state index contributed by atoms with van der Waals surface area (Å²) in [5, 5.41) is 16.0. The van der Waals surface area contributed by atoms with Crippen molar-refractivity contribution < 1.29 is 5.11 Å². The van der Waals surface area contributed by atoms with E-state index in [9.17, 15) is 5.11 Å². The molecule has 0 spiro atoms. The molecule has 0 aliphatic carbocycles. The number of benzene rings is 1. The monoisotopic (exact) mass is 299 g/mol. The average Bonchev–Trinajstić information content (AvgIpc) is 2.58. The Kier molecular flexibility index (Phi) is 6.87. The first-order valence-corrected chi connectivity index (χ1v) is 7.87. The molecular weight excluding hydrogens is 274 g/mol. The van der Waals surface area contributed by atoms with Crippen LogP contribution in [0.5, 0.6) is 0 Å². The Labute approximate surface area is 132 Å². The molecule has 3 N–H and O–H groups in total. The molecule has 0 saturated heterocycles. The molecule has 0 saturated carbocycles. The molecule has 4 nitrogen and oxygen atoms in total. The van der Waals surface area contributed by atoms with E-state index < -0.39 is 0 Å². The van der Waals surface area contributed by atoms with Crippen molar-refractivity contribution >= 4 is 5.82 Å². The van der Waals surface area contributed by atoms with Gasteiger partial charge in [0.25, 0.3) is 0 Å². The first kappa shape index (κ1) is 16.5. The Hall–Kier alpha value is -1.91. The van der Waals surface area contributed by atoms with Gasteiger partial charge in [0.15, 0.2) is 0 Å². The van der Waals surface area contributed by atoms with E-state index in [1.54, 1.807) is 6.20 Å². The molecule has 0 bridgehead atoms. The van der Waals surface area contributed by atoms with Crippen molar-refractivity contribution in [1.82, 2.24) is 10.3 Å². The lowest BCUT2D eigenvalue weighted by molar-refractivity contribution is 0.281. The van der Waals surface area contributed by atoms with Gasteiger partial charge in [-0.05, 0) is 49.6 Å². The summed E-state index contributed by atoms with van der Waals surface area (Å²) in [6.45, 7) is 4.17. The number of unbranched alkanes of at least 4 members (excludes halogenated alkanes) is 1. The van der Waals surface area contributed by atoms with Crippen LogP contribution in [0.1, 0.15) is 36.9 Å². The summed E-state index contributed by atoms with van der Waals surface area (Å²) in [4.78, 5) is 4.23. The van der Waals surface area contributed by atoms with Crippen molar-refractivity contribution in [2.24, 2.45) is 0 Å². The van der Waals surface area contributed by atoms with Crippen LogP contribution in [0.3, 0.4) is 0 Å². The molecule has 22 heavy (non-hydrogen) atoms. The highest BCUT2D eigenvalue weighted by molar-refractivity contribution is 5.32. The smallest absolute Gasteiger partial charge is 0.125 e. The van der Waals surface area contributed by atoms with Crippen molar-refractivity contribution in [3.63, 3.8) is 0 Å². The highest BCUT2D eigenvalue weighted by Gasteiger charge is 2.04. The third kappa shape index (κ3) is 5.47. The molecule has 0 radical (unpaired) electrons. The minimum atomic E-state index is 0.0970. The number of hydrogen-bond acceptors (Lipinski definition) is 4. The van der Waals surface area contributed by atoms with Crippen molar-refractivity contribution in [3.8, 4) is 0 Å². The normalized spacial score (nSPS) is 12.1. The third-order valence-electron chi connectivity index (χ3n) is 3.66. The number of aliphatic hydroxyl groups excluding tert-OH is 1. The highest BCUT2D eigenvalue weighted by atomic mass is 16.3. The van der Waals surface area contributed by atoms with Crippen LogP contribution in [-0.4, -0.2) is 23.2 Å². The zero-order valence-electron chi connectivity index (χ0n) is 13.1. The molecule has 0 aliphatic heterocycles. The summed E-state index contributed by atoms with van der Waals surface area (Å²) in [5.74, 6) is 0.935. The largest absolute Gasteiger partial charge is 0.392 e. The van der Waals surface area contributed by atoms with Crippen LogP contribution in [0.25, 0.3) is 0 Å². The molecule has 1 aromatic heterocycles. The molecule has 0 fully saturated rings. The van der Waals surface area contributed by atoms with Gasteiger partial charge in [-0.1, -0.05) is 30.3 Å². The fourth-order valence-electron chi connectivity index (χ4n) is 2.33. The number of rotatable bonds is 9. The van der Waals surface area contributed by atoms with Crippen molar-refractivity contribution in [1.29, 1.82) is 0 Å². The van der Waals surface area contributed by atoms with Crippen LogP contribution in [0.4, 0.5) is 5.82 Å². The highest BCUT2D eigenvalue weighted by Crippen LogP contribution is 2.14. The van der Waals surface area contributed by atoms with Gasteiger partial charge in [0.1, 0.15) is 5.82 Å². The van der Waals surface area contributed by atoms with E-state index in [2.05, 4.69) is 34.7 Å². The molecule has 1 unspecified atom stereocenters. The fraction of sp³-hybridized carbons (Fsp3) is 0.389. The second-order valence-electron chi connectivity index (χ2n) is 5.43. The molecule has 0 amide bonds. The summed E-state index contributed by atoms with van der Waals surface area (Å²) >= 11 is 0. The minimum Gasteiger partial charge on any atom is -0.392 e. The average molecular weight is 299 g/mol. The van der Waals surface area contributed by atoms with E-state index in [1.807, 2.05) is 30.3 Å². The maximum Gasteiger partial charge on any atom is 0.125 e. The zero-order chi connectivity index (χ0) is 15.6. The Balaban J connectivity index is 1.61. The summed E-state index contributed by atoms with van der Waals surface area (Å²) in [5.41, 5.74) is 2.18. The van der Waals surface area contributed by atoms with Crippen LogP contribution >= 0.6 is 0 Å². The van der Waals surface area contributed by atoms with E-state index >= 15 is 0 Å². The predicted molar refractivity (Wildman–Crippen MR) is 90.7 cm³/mol.